The van der Waals surface area contributed by atoms with E-state index in [0.29, 0.717) is 12.1 Å². The van der Waals surface area contributed by atoms with E-state index in [1.807, 2.05) is 0 Å². The summed E-state index contributed by atoms with van der Waals surface area (Å²) in [5.41, 5.74) is 2.36. The molecule has 1 aromatic carbocycles. The third-order valence-electron chi connectivity index (χ3n) is 7.09. The van der Waals surface area contributed by atoms with Crippen LogP contribution in [0.5, 0.6) is 0 Å². The first-order chi connectivity index (χ1) is 15.2. The van der Waals surface area contributed by atoms with E-state index in [4.69, 9.17) is 4.99 Å². The number of hydrogen-bond acceptors (Lipinski definition) is 3. The monoisotopic (exact) mass is 435 g/mol. The summed E-state index contributed by atoms with van der Waals surface area (Å²) >= 11 is 1.61. The van der Waals surface area contributed by atoms with Crippen molar-refractivity contribution < 1.29 is 4.79 Å². The number of carbonyl (C=O) groups is 1. The number of fused-ring (bicyclic) bond motifs is 1. The maximum absolute atomic E-state index is 13.6. The highest BCUT2D eigenvalue weighted by Crippen LogP contribution is 2.39. The maximum Gasteiger partial charge on any atom is 0.267 e. The van der Waals surface area contributed by atoms with Crippen molar-refractivity contribution in [2.75, 3.05) is 0 Å². The molecule has 1 aliphatic heterocycles. The van der Waals surface area contributed by atoms with Gasteiger partial charge in [0, 0.05) is 35.2 Å². The van der Waals surface area contributed by atoms with E-state index < -0.39 is 0 Å². The fourth-order valence-corrected chi connectivity index (χ4v) is 6.50. The molecule has 0 unspecified atom stereocenters. The Labute approximate surface area is 189 Å². The van der Waals surface area contributed by atoms with Crippen LogP contribution in [0.3, 0.4) is 0 Å². The van der Waals surface area contributed by atoms with Gasteiger partial charge in [-0.3, -0.25) is 14.7 Å². The fraction of sp³-hybridized carbons (Fsp3) is 0.538. The van der Waals surface area contributed by atoms with Gasteiger partial charge in [-0.15, -0.1) is 0 Å². The predicted molar refractivity (Wildman–Crippen MR) is 131 cm³/mol. The number of aromatic nitrogens is 1. The molecular formula is C26H33N3OS. The molecule has 2 aliphatic carbocycles. The zero-order chi connectivity index (χ0) is 21.2. The zero-order valence-electron chi connectivity index (χ0n) is 18.6. The number of para-hydroxylation sites is 1. The Balaban J connectivity index is 1.51. The van der Waals surface area contributed by atoms with Gasteiger partial charge in [-0.25, -0.2) is 0 Å². The number of carbonyl (C=O) groups excluding carboxylic acids is 1. The smallest absolute Gasteiger partial charge is 0.267 e. The SMILES string of the molecule is CCn1cc(C=C2SC(=NC3CCCCC3)N(C3CCCCC3)C2=O)c2ccccc21. The fourth-order valence-electron chi connectivity index (χ4n) is 5.40. The highest BCUT2D eigenvalue weighted by molar-refractivity contribution is 8.18. The predicted octanol–water partition coefficient (Wildman–Crippen LogP) is 6.60. The van der Waals surface area contributed by atoms with Gasteiger partial charge in [-0.1, -0.05) is 56.7 Å². The normalized spacial score (nSPS) is 24.2. The Kier molecular flexibility index (Phi) is 6.22. The van der Waals surface area contributed by atoms with Crippen molar-refractivity contribution in [1.82, 2.24) is 9.47 Å². The highest BCUT2D eigenvalue weighted by Gasteiger charge is 2.39. The molecule has 2 heterocycles. The van der Waals surface area contributed by atoms with E-state index in [2.05, 4.69) is 52.9 Å². The number of benzene rings is 1. The van der Waals surface area contributed by atoms with E-state index in [1.54, 1.807) is 11.8 Å². The minimum atomic E-state index is 0.166. The van der Waals surface area contributed by atoms with Gasteiger partial charge >= 0.3 is 0 Å². The molecule has 3 fully saturated rings. The summed E-state index contributed by atoms with van der Waals surface area (Å²) in [7, 11) is 0. The van der Waals surface area contributed by atoms with Gasteiger partial charge in [0.15, 0.2) is 5.17 Å². The molecular weight excluding hydrogens is 402 g/mol. The van der Waals surface area contributed by atoms with E-state index in [9.17, 15) is 4.79 Å². The van der Waals surface area contributed by atoms with Crippen LogP contribution in [-0.4, -0.2) is 32.6 Å². The van der Waals surface area contributed by atoms with E-state index >= 15 is 0 Å². The van der Waals surface area contributed by atoms with Gasteiger partial charge in [0.05, 0.1) is 10.9 Å². The third kappa shape index (κ3) is 4.21. The van der Waals surface area contributed by atoms with Crippen LogP contribution in [0.15, 0.2) is 40.4 Å². The summed E-state index contributed by atoms with van der Waals surface area (Å²) in [5.74, 6) is 0.166. The van der Waals surface area contributed by atoms with Crippen molar-refractivity contribution >= 4 is 39.8 Å². The Hall–Kier alpha value is -2.01. The molecule has 2 saturated carbocycles. The van der Waals surface area contributed by atoms with Crippen LogP contribution in [0.4, 0.5) is 0 Å². The van der Waals surface area contributed by atoms with Crippen LogP contribution in [0, 0.1) is 0 Å². The Morgan fingerprint density at radius 2 is 1.74 bits per heavy atom. The second-order valence-electron chi connectivity index (χ2n) is 9.17. The quantitative estimate of drug-likeness (QED) is 0.508. The van der Waals surface area contributed by atoms with Crippen LogP contribution in [-0.2, 0) is 11.3 Å². The van der Waals surface area contributed by atoms with Gasteiger partial charge in [0.25, 0.3) is 5.91 Å². The number of amidine groups is 1. The molecule has 1 amide bonds. The summed E-state index contributed by atoms with van der Waals surface area (Å²) in [6.45, 7) is 3.09. The average molecular weight is 436 g/mol. The minimum Gasteiger partial charge on any atom is -0.347 e. The summed E-state index contributed by atoms with van der Waals surface area (Å²) < 4.78 is 2.27. The lowest BCUT2D eigenvalue weighted by molar-refractivity contribution is -0.124. The zero-order valence-corrected chi connectivity index (χ0v) is 19.4. The number of hydrogen-bond donors (Lipinski definition) is 0. The molecule has 5 heteroatoms. The van der Waals surface area contributed by atoms with Crippen molar-refractivity contribution in [3.63, 3.8) is 0 Å². The van der Waals surface area contributed by atoms with Crippen LogP contribution in [0.25, 0.3) is 17.0 Å². The molecule has 0 atom stereocenters. The number of aryl methyl sites for hydroxylation is 1. The molecule has 0 spiro atoms. The standard InChI is InChI=1S/C26H33N3OS/c1-2-28-18-19(22-15-9-10-16-23(22)28)17-24-25(30)29(21-13-7-4-8-14-21)26(31-24)27-20-11-5-3-6-12-20/h9-10,15-18,20-21H,2-8,11-14H2,1H3. The molecule has 1 aromatic heterocycles. The first kappa shape index (κ1) is 20.9. The largest absolute Gasteiger partial charge is 0.347 e. The Morgan fingerprint density at radius 3 is 2.48 bits per heavy atom. The minimum absolute atomic E-state index is 0.166. The third-order valence-corrected chi connectivity index (χ3v) is 8.09. The first-order valence-corrected chi connectivity index (χ1v) is 12.9. The van der Waals surface area contributed by atoms with E-state index in [0.717, 1.165) is 35.0 Å². The lowest BCUT2D eigenvalue weighted by atomic mass is 9.94. The van der Waals surface area contributed by atoms with Gasteiger partial charge in [0.2, 0.25) is 0 Å². The topological polar surface area (TPSA) is 37.6 Å². The number of thioether (sulfide) groups is 1. The van der Waals surface area contributed by atoms with Gasteiger partial charge in [-0.05, 0) is 56.5 Å². The number of nitrogens with zero attached hydrogens (tertiary/aromatic N) is 3. The van der Waals surface area contributed by atoms with Gasteiger partial charge in [-0.2, -0.15) is 0 Å². The Morgan fingerprint density at radius 1 is 1.03 bits per heavy atom. The molecule has 3 aliphatic rings. The molecule has 0 bridgehead atoms. The lowest BCUT2D eigenvalue weighted by Crippen LogP contribution is -2.41. The molecule has 0 N–H and O–H groups in total. The first-order valence-electron chi connectivity index (χ1n) is 12.1. The van der Waals surface area contributed by atoms with Gasteiger partial charge in [0.1, 0.15) is 0 Å². The summed E-state index contributed by atoms with van der Waals surface area (Å²) in [6, 6.07) is 9.19. The molecule has 2 aromatic rings. The van der Waals surface area contributed by atoms with Gasteiger partial charge < -0.3 is 4.57 Å². The van der Waals surface area contributed by atoms with Crippen LogP contribution >= 0.6 is 11.8 Å². The molecule has 1 saturated heterocycles. The number of rotatable bonds is 4. The van der Waals surface area contributed by atoms with Crippen LogP contribution < -0.4 is 0 Å². The summed E-state index contributed by atoms with van der Waals surface area (Å²) in [4.78, 5) is 21.7. The Bertz CT molecular complexity index is 1010. The highest BCUT2D eigenvalue weighted by atomic mass is 32.2. The summed E-state index contributed by atoms with van der Waals surface area (Å²) in [5, 5.41) is 2.18. The number of aliphatic imine (C=N–C) groups is 1. The molecule has 5 rings (SSSR count). The van der Waals surface area contributed by atoms with Crippen LogP contribution in [0.2, 0.25) is 0 Å². The van der Waals surface area contributed by atoms with Crippen molar-refractivity contribution in [2.45, 2.75) is 89.8 Å². The second-order valence-corrected chi connectivity index (χ2v) is 10.2. The molecule has 4 nitrogen and oxygen atoms in total. The van der Waals surface area contributed by atoms with Crippen molar-refractivity contribution in [3.8, 4) is 0 Å². The van der Waals surface area contributed by atoms with Crippen molar-refractivity contribution in [3.05, 3.63) is 40.9 Å². The number of amides is 1. The molecule has 0 radical (unpaired) electrons. The lowest BCUT2D eigenvalue weighted by Gasteiger charge is -2.31. The molecule has 164 valence electrons. The van der Waals surface area contributed by atoms with Crippen molar-refractivity contribution in [2.24, 2.45) is 4.99 Å². The second kappa shape index (κ2) is 9.23. The maximum atomic E-state index is 13.6. The summed E-state index contributed by atoms with van der Waals surface area (Å²) in [6.07, 6.45) is 16.4. The van der Waals surface area contributed by atoms with E-state index in [-0.39, 0.29) is 5.91 Å². The molecule has 31 heavy (non-hydrogen) atoms. The van der Waals surface area contributed by atoms with Crippen molar-refractivity contribution in [1.29, 1.82) is 0 Å². The average Bonchev–Trinajstić information content (AvgIpc) is 3.32. The van der Waals surface area contributed by atoms with Crippen LogP contribution in [0.1, 0.15) is 76.7 Å². The van der Waals surface area contributed by atoms with E-state index in [1.165, 1.54) is 62.3 Å².